The summed E-state index contributed by atoms with van der Waals surface area (Å²) < 4.78 is 6.67. The van der Waals surface area contributed by atoms with Gasteiger partial charge in [-0.15, -0.1) is 0 Å². The fraction of sp³-hybridized carbons (Fsp3) is 0.667. The summed E-state index contributed by atoms with van der Waals surface area (Å²) >= 11 is 0. The minimum atomic E-state index is -0.501. The Bertz CT molecular complexity index is 378. The number of hydrogen-bond acceptors (Lipinski definition) is 4. The summed E-state index contributed by atoms with van der Waals surface area (Å²) in [6.07, 6.45) is 2.67. The van der Waals surface area contributed by atoms with Gasteiger partial charge in [0.15, 0.2) is 5.82 Å². The van der Waals surface area contributed by atoms with Crippen molar-refractivity contribution in [3.63, 3.8) is 0 Å². The highest BCUT2D eigenvalue weighted by atomic mass is 16.5. The quantitative estimate of drug-likeness (QED) is 0.755. The molecule has 2 unspecified atom stereocenters. The molecule has 1 aromatic heterocycles. The Morgan fingerprint density at radius 1 is 1.67 bits per heavy atom. The highest BCUT2D eigenvalue weighted by Gasteiger charge is 2.19. The smallest absolute Gasteiger partial charge is 0.242 e. The number of methoxy groups -OCH3 is 1. The molecule has 0 bridgehead atoms. The van der Waals surface area contributed by atoms with Crippen molar-refractivity contribution in [3.05, 3.63) is 12.3 Å². The summed E-state index contributed by atoms with van der Waals surface area (Å²) in [5.74, 6) is 0.483. The summed E-state index contributed by atoms with van der Waals surface area (Å²) in [6.45, 7) is 5.21. The number of carbonyl (C=O) groups excluding carboxylic acids is 1. The summed E-state index contributed by atoms with van der Waals surface area (Å²) in [5.41, 5.74) is 5.84. The molecule has 6 nitrogen and oxygen atoms in total. The first-order valence-corrected chi connectivity index (χ1v) is 6.17. The van der Waals surface area contributed by atoms with Crippen LogP contribution in [0.25, 0.3) is 0 Å². The van der Waals surface area contributed by atoms with Gasteiger partial charge in [0.2, 0.25) is 5.91 Å². The van der Waals surface area contributed by atoms with E-state index in [-0.39, 0.29) is 11.8 Å². The van der Waals surface area contributed by atoms with Gasteiger partial charge in [-0.2, -0.15) is 5.10 Å². The van der Waals surface area contributed by atoms with Gasteiger partial charge < -0.3 is 15.8 Å². The molecule has 1 heterocycles. The first kappa shape index (κ1) is 14.7. The standard InChI is InChI=1S/C12H22N4O2/c1-4-9(2)11(13)12(17)14-10-5-6-16(15-10)7-8-18-3/h5-6,9,11H,4,7-8,13H2,1-3H3,(H,14,15,17). The van der Waals surface area contributed by atoms with Crippen LogP contribution in [0.15, 0.2) is 12.3 Å². The van der Waals surface area contributed by atoms with E-state index >= 15 is 0 Å². The van der Waals surface area contributed by atoms with Crippen molar-refractivity contribution < 1.29 is 9.53 Å². The Hall–Kier alpha value is -1.40. The number of amides is 1. The van der Waals surface area contributed by atoms with E-state index in [2.05, 4.69) is 10.4 Å². The van der Waals surface area contributed by atoms with Gasteiger partial charge in [-0.25, -0.2) is 0 Å². The fourth-order valence-electron chi connectivity index (χ4n) is 1.46. The van der Waals surface area contributed by atoms with Gasteiger partial charge >= 0.3 is 0 Å². The van der Waals surface area contributed by atoms with Gasteiger partial charge in [0.05, 0.1) is 19.2 Å². The number of nitrogens with zero attached hydrogens (tertiary/aromatic N) is 2. The molecule has 2 atom stereocenters. The Morgan fingerprint density at radius 3 is 3.00 bits per heavy atom. The van der Waals surface area contributed by atoms with E-state index in [1.165, 1.54) is 0 Å². The van der Waals surface area contributed by atoms with Crippen LogP contribution in [0.4, 0.5) is 5.82 Å². The molecule has 0 aliphatic rings. The first-order chi connectivity index (χ1) is 8.58. The zero-order valence-electron chi connectivity index (χ0n) is 11.2. The Kier molecular flexibility index (Phi) is 5.80. The average molecular weight is 254 g/mol. The van der Waals surface area contributed by atoms with E-state index in [9.17, 15) is 4.79 Å². The third kappa shape index (κ3) is 4.12. The van der Waals surface area contributed by atoms with Crippen LogP contribution in [-0.4, -0.2) is 35.4 Å². The zero-order valence-corrected chi connectivity index (χ0v) is 11.2. The number of anilines is 1. The van der Waals surface area contributed by atoms with Crippen LogP contribution in [0.2, 0.25) is 0 Å². The second-order valence-corrected chi connectivity index (χ2v) is 4.36. The Balaban J connectivity index is 2.51. The van der Waals surface area contributed by atoms with E-state index in [0.717, 1.165) is 6.42 Å². The van der Waals surface area contributed by atoms with Gasteiger partial charge in [-0.05, 0) is 5.92 Å². The molecule has 0 aliphatic heterocycles. The maximum absolute atomic E-state index is 11.8. The highest BCUT2D eigenvalue weighted by molar-refractivity contribution is 5.93. The Labute approximate surface area is 107 Å². The number of ether oxygens (including phenoxy) is 1. The van der Waals surface area contributed by atoms with Crippen LogP contribution in [0.1, 0.15) is 20.3 Å². The van der Waals surface area contributed by atoms with Crippen molar-refractivity contribution in [2.75, 3.05) is 19.0 Å². The Morgan fingerprint density at radius 2 is 2.39 bits per heavy atom. The van der Waals surface area contributed by atoms with Gasteiger partial charge in [0, 0.05) is 19.4 Å². The van der Waals surface area contributed by atoms with Crippen LogP contribution in [0.5, 0.6) is 0 Å². The van der Waals surface area contributed by atoms with Crippen LogP contribution in [-0.2, 0) is 16.1 Å². The molecule has 102 valence electrons. The molecule has 18 heavy (non-hydrogen) atoms. The second kappa shape index (κ2) is 7.13. The van der Waals surface area contributed by atoms with Crippen LogP contribution >= 0.6 is 0 Å². The van der Waals surface area contributed by atoms with Crippen molar-refractivity contribution >= 4 is 11.7 Å². The normalized spacial score (nSPS) is 14.2. The second-order valence-electron chi connectivity index (χ2n) is 4.36. The molecule has 1 rings (SSSR count). The topological polar surface area (TPSA) is 82.2 Å². The van der Waals surface area contributed by atoms with Gasteiger partial charge in [-0.3, -0.25) is 9.48 Å². The molecular weight excluding hydrogens is 232 g/mol. The molecule has 0 radical (unpaired) electrons. The number of aromatic nitrogens is 2. The predicted molar refractivity (Wildman–Crippen MR) is 70.2 cm³/mol. The monoisotopic (exact) mass is 254 g/mol. The summed E-state index contributed by atoms with van der Waals surface area (Å²) in [7, 11) is 1.64. The third-order valence-corrected chi connectivity index (χ3v) is 2.98. The molecule has 0 saturated heterocycles. The molecule has 3 N–H and O–H groups in total. The van der Waals surface area contributed by atoms with Crippen LogP contribution in [0, 0.1) is 5.92 Å². The minimum absolute atomic E-state index is 0.153. The lowest BCUT2D eigenvalue weighted by Gasteiger charge is -2.16. The third-order valence-electron chi connectivity index (χ3n) is 2.98. The maximum Gasteiger partial charge on any atom is 0.242 e. The van der Waals surface area contributed by atoms with Crippen molar-refractivity contribution in [2.45, 2.75) is 32.9 Å². The lowest BCUT2D eigenvalue weighted by Crippen LogP contribution is -2.40. The lowest BCUT2D eigenvalue weighted by atomic mass is 9.99. The largest absolute Gasteiger partial charge is 0.383 e. The fourth-order valence-corrected chi connectivity index (χ4v) is 1.46. The number of nitrogens with one attached hydrogen (secondary N) is 1. The van der Waals surface area contributed by atoms with Crippen LogP contribution in [0.3, 0.4) is 0 Å². The van der Waals surface area contributed by atoms with E-state index in [1.54, 1.807) is 24.1 Å². The van der Waals surface area contributed by atoms with Crippen molar-refractivity contribution in [1.82, 2.24) is 9.78 Å². The summed E-state index contributed by atoms with van der Waals surface area (Å²) in [5, 5.41) is 6.92. The van der Waals surface area contributed by atoms with E-state index in [0.29, 0.717) is 19.0 Å². The first-order valence-electron chi connectivity index (χ1n) is 6.17. The molecule has 1 aromatic rings. The molecule has 0 spiro atoms. The van der Waals surface area contributed by atoms with Gasteiger partial charge in [0.25, 0.3) is 0 Å². The number of rotatable bonds is 7. The SMILES string of the molecule is CCC(C)C(N)C(=O)Nc1ccn(CCOC)n1. The van der Waals surface area contributed by atoms with Gasteiger partial charge in [0.1, 0.15) is 0 Å². The van der Waals surface area contributed by atoms with Crippen molar-refractivity contribution in [3.8, 4) is 0 Å². The van der Waals surface area contributed by atoms with E-state index < -0.39 is 6.04 Å². The zero-order chi connectivity index (χ0) is 13.5. The average Bonchev–Trinajstić information content (AvgIpc) is 2.81. The molecule has 0 fully saturated rings. The molecule has 0 aliphatic carbocycles. The summed E-state index contributed by atoms with van der Waals surface area (Å²) in [4.78, 5) is 11.8. The molecule has 0 aromatic carbocycles. The van der Waals surface area contributed by atoms with E-state index in [1.807, 2.05) is 13.8 Å². The predicted octanol–water partition coefficient (Wildman–Crippen LogP) is 0.841. The number of hydrogen-bond donors (Lipinski definition) is 2. The summed E-state index contributed by atoms with van der Waals surface area (Å²) in [6, 6.07) is 1.25. The molecule has 6 heteroatoms. The number of nitrogens with two attached hydrogens (primary N) is 1. The van der Waals surface area contributed by atoms with E-state index in [4.69, 9.17) is 10.5 Å². The maximum atomic E-state index is 11.8. The lowest BCUT2D eigenvalue weighted by molar-refractivity contribution is -0.118. The molecule has 1 amide bonds. The highest BCUT2D eigenvalue weighted by Crippen LogP contribution is 2.09. The molecular formula is C12H22N4O2. The number of carbonyl (C=O) groups is 1. The van der Waals surface area contributed by atoms with Crippen LogP contribution < -0.4 is 11.1 Å². The molecule has 0 saturated carbocycles. The van der Waals surface area contributed by atoms with Crippen molar-refractivity contribution in [2.24, 2.45) is 11.7 Å². The van der Waals surface area contributed by atoms with Gasteiger partial charge in [-0.1, -0.05) is 20.3 Å². The van der Waals surface area contributed by atoms with Crippen molar-refractivity contribution in [1.29, 1.82) is 0 Å². The minimum Gasteiger partial charge on any atom is -0.383 e.